The molecule has 1 aliphatic rings. The molecule has 0 radical (unpaired) electrons. The maximum atomic E-state index is 13.2. The average molecular weight is 389 g/mol. The van der Waals surface area contributed by atoms with E-state index in [2.05, 4.69) is 9.73 Å². The van der Waals surface area contributed by atoms with Crippen LogP contribution in [0.25, 0.3) is 0 Å². The van der Waals surface area contributed by atoms with Crippen LogP contribution in [-0.2, 0) is 21.5 Å². The van der Waals surface area contributed by atoms with Gasteiger partial charge in [-0.3, -0.25) is 9.69 Å². The Bertz CT molecular complexity index is 890. The van der Waals surface area contributed by atoms with Crippen LogP contribution in [0, 0.1) is 0 Å². The minimum Gasteiger partial charge on any atom is -0.435 e. The Morgan fingerprint density at radius 3 is 2.46 bits per heavy atom. The first kappa shape index (κ1) is 19.8. The lowest BCUT2D eigenvalue weighted by Gasteiger charge is -2.27. The number of likely N-dealkylation sites (N-methyl/N-ethyl adjacent to an activating group) is 1. The van der Waals surface area contributed by atoms with Crippen molar-refractivity contribution in [3.05, 3.63) is 65.2 Å². The van der Waals surface area contributed by atoms with Crippen molar-refractivity contribution in [3.8, 4) is 5.75 Å². The van der Waals surface area contributed by atoms with Crippen molar-refractivity contribution in [2.45, 2.75) is 18.6 Å². The van der Waals surface area contributed by atoms with Gasteiger partial charge in [-0.2, -0.15) is 8.78 Å². The number of ether oxygens (including phenoxy) is 2. The first-order valence-corrected chi connectivity index (χ1v) is 8.66. The molecule has 8 heteroatoms. The summed E-state index contributed by atoms with van der Waals surface area (Å²) in [6.07, 6.45) is 0.334. The predicted octanol–water partition coefficient (Wildman–Crippen LogP) is 2.51. The first-order valence-electron chi connectivity index (χ1n) is 8.66. The number of hydrogen-bond acceptors (Lipinski definition) is 5. The summed E-state index contributed by atoms with van der Waals surface area (Å²) in [5.41, 5.74) is 6.20. The van der Waals surface area contributed by atoms with Gasteiger partial charge in [0.2, 0.25) is 0 Å². The number of aliphatic imine (C=N–C) groups is 1. The van der Waals surface area contributed by atoms with Crippen molar-refractivity contribution in [1.82, 2.24) is 4.90 Å². The lowest BCUT2D eigenvalue weighted by atomic mass is 9.82. The molecule has 0 fully saturated rings. The summed E-state index contributed by atoms with van der Waals surface area (Å²) in [5.74, 6) is -0.202. The molecule has 6 nitrogen and oxygen atoms in total. The van der Waals surface area contributed by atoms with E-state index in [-0.39, 0.29) is 17.6 Å². The number of guanidine groups is 1. The Kier molecular flexibility index (Phi) is 5.60. The molecule has 1 aliphatic heterocycles. The average Bonchev–Trinajstić information content (AvgIpc) is 2.92. The molecule has 0 bridgehead atoms. The highest BCUT2D eigenvalue weighted by molar-refractivity contribution is 6.08. The van der Waals surface area contributed by atoms with Crippen molar-refractivity contribution < 1.29 is 23.0 Å². The second-order valence-electron chi connectivity index (χ2n) is 6.35. The topological polar surface area (TPSA) is 77.2 Å². The first-order chi connectivity index (χ1) is 13.4. The number of alkyl halides is 2. The third kappa shape index (κ3) is 3.43. The molecule has 1 unspecified atom stereocenters. The van der Waals surface area contributed by atoms with Gasteiger partial charge in [-0.05, 0) is 35.2 Å². The lowest BCUT2D eigenvalue weighted by Crippen LogP contribution is -2.41. The number of carbonyl (C=O) groups excluding carboxylic acids is 1. The number of nitrogens with zero attached hydrogens (tertiary/aromatic N) is 2. The molecule has 0 saturated heterocycles. The molecule has 1 heterocycles. The maximum Gasteiger partial charge on any atom is 0.387 e. The summed E-state index contributed by atoms with van der Waals surface area (Å²) in [6, 6.07) is 13.6. The van der Waals surface area contributed by atoms with Gasteiger partial charge in [-0.25, -0.2) is 4.99 Å². The Balaban J connectivity index is 2.18. The third-order valence-electron chi connectivity index (χ3n) is 4.70. The van der Waals surface area contributed by atoms with Gasteiger partial charge in [0.15, 0.2) is 11.5 Å². The van der Waals surface area contributed by atoms with Crippen LogP contribution in [0.1, 0.15) is 16.7 Å². The zero-order valence-electron chi connectivity index (χ0n) is 15.6. The van der Waals surface area contributed by atoms with Crippen molar-refractivity contribution >= 4 is 11.9 Å². The van der Waals surface area contributed by atoms with E-state index in [4.69, 9.17) is 10.5 Å². The van der Waals surface area contributed by atoms with E-state index >= 15 is 0 Å². The second kappa shape index (κ2) is 7.93. The van der Waals surface area contributed by atoms with Crippen molar-refractivity contribution in [1.29, 1.82) is 0 Å². The highest BCUT2D eigenvalue weighted by Crippen LogP contribution is 2.40. The highest BCUT2D eigenvalue weighted by Gasteiger charge is 2.49. The van der Waals surface area contributed by atoms with Crippen LogP contribution in [0.5, 0.6) is 5.75 Å². The van der Waals surface area contributed by atoms with E-state index in [1.807, 2.05) is 6.07 Å². The van der Waals surface area contributed by atoms with Gasteiger partial charge in [0.05, 0.1) is 6.61 Å². The summed E-state index contributed by atoms with van der Waals surface area (Å²) in [5, 5.41) is 0. The summed E-state index contributed by atoms with van der Waals surface area (Å²) in [4.78, 5) is 19.0. The van der Waals surface area contributed by atoms with Crippen LogP contribution in [0.3, 0.4) is 0 Å². The molecule has 28 heavy (non-hydrogen) atoms. The van der Waals surface area contributed by atoms with Crippen molar-refractivity contribution in [3.63, 3.8) is 0 Å². The van der Waals surface area contributed by atoms with E-state index in [1.165, 1.54) is 18.1 Å². The minimum atomic E-state index is -2.96. The fourth-order valence-electron chi connectivity index (χ4n) is 3.29. The van der Waals surface area contributed by atoms with Crippen LogP contribution in [0.2, 0.25) is 0 Å². The Morgan fingerprint density at radius 2 is 1.89 bits per heavy atom. The summed E-state index contributed by atoms with van der Waals surface area (Å²) >= 11 is 0. The SMILES string of the molecule is COCCc1cc(C2(c3ccccc3)N=C(N)N(C)C2=O)ccc1OC(F)F. The van der Waals surface area contributed by atoms with E-state index in [0.29, 0.717) is 29.7 Å². The highest BCUT2D eigenvalue weighted by atomic mass is 19.3. The molecule has 2 aromatic carbocycles. The molecular formula is C20H21F2N3O3. The number of amides is 1. The van der Waals surface area contributed by atoms with Crippen molar-refractivity contribution in [2.24, 2.45) is 10.7 Å². The minimum absolute atomic E-state index is 0.0368. The van der Waals surface area contributed by atoms with Gasteiger partial charge in [-0.15, -0.1) is 0 Å². The Hall–Kier alpha value is -3.00. The van der Waals surface area contributed by atoms with Crippen LogP contribution in [0.4, 0.5) is 8.78 Å². The molecule has 148 valence electrons. The number of hydrogen-bond donors (Lipinski definition) is 1. The quantitative estimate of drug-likeness (QED) is 0.789. The molecule has 0 aliphatic carbocycles. The molecule has 0 saturated carbocycles. The zero-order valence-corrected chi connectivity index (χ0v) is 15.6. The summed E-state index contributed by atoms with van der Waals surface area (Å²) in [7, 11) is 3.06. The van der Waals surface area contributed by atoms with Crippen LogP contribution < -0.4 is 10.5 Å². The zero-order chi connectivity index (χ0) is 20.3. The summed E-state index contributed by atoms with van der Waals surface area (Å²) < 4.78 is 35.2. The molecule has 0 aromatic heterocycles. The third-order valence-corrected chi connectivity index (χ3v) is 4.70. The smallest absolute Gasteiger partial charge is 0.387 e. The van der Waals surface area contributed by atoms with Crippen LogP contribution >= 0.6 is 0 Å². The number of rotatable bonds is 7. The van der Waals surface area contributed by atoms with Gasteiger partial charge in [0.1, 0.15) is 5.75 Å². The Labute approximate surface area is 161 Å². The number of nitrogens with two attached hydrogens (primary N) is 1. The van der Waals surface area contributed by atoms with Gasteiger partial charge in [0.25, 0.3) is 5.91 Å². The molecule has 2 N–H and O–H groups in total. The predicted molar refractivity (Wildman–Crippen MR) is 100 cm³/mol. The fraction of sp³-hybridized carbons (Fsp3) is 0.300. The normalized spacial score (nSPS) is 19.2. The molecule has 2 aromatic rings. The van der Waals surface area contributed by atoms with Crippen LogP contribution in [0.15, 0.2) is 53.5 Å². The van der Waals surface area contributed by atoms with Gasteiger partial charge < -0.3 is 15.2 Å². The molecule has 0 spiro atoms. The lowest BCUT2D eigenvalue weighted by molar-refractivity contribution is -0.129. The monoisotopic (exact) mass is 389 g/mol. The van der Waals surface area contributed by atoms with E-state index in [9.17, 15) is 13.6 Å². The van der Waals surface area contributed by atoms with E-state index in [1.54, 1.807) is 43.4 Å². The molecule has 1 atom stereocenters. The number of methoxy groups -OCH3 is 1. The van der Waals surface area contributed by atoms with Gasteiger partial charge in [0, 0.05) is 14.2 Å². The Morgan fingerprint density at radius 1 is 1.18 bits per heavy atom. The largest absolute Gasteiger partial charge is 0.435 e. The van der Waals surface area contributed by atoms with Crippen LogP contribution in [-0.4, -0.2) is 44.1 Å². The van der Waals surface area contributed by atoms with E-state index < -0.39 is 12.2 Å². The van der Waals surface area contributed by atoms with Crippen molar-refractivity contribution in [2.75, 3.05) is 20.8 Å². The van der Waals surface area contributed by atoms with E-state index in [0.717, 1.165) is 0 Å². The maximum absolute atomic E-state index is 13.2. The fourth-order valence-corrected chi connectivity index (χ4v) is 3.29. The van der Waals surface area contributed by atoms with Gasteiger partial charge >= 0.3 is 6.61 Å². The number of benzene rings is 2. The summed E-state index contributed by atoms with van der Waals surface area (Å²) in [6.45, 7) is -2.65. The molecular weight excluding hydrogens is 368 g/mol. The molecule has 1 amide bonds. The number of carbonyl (C=O) groups is 1. The standard InChI is InChI=1S/C20H21F2N3O3/c1-25-17(26)20(24-19(25)23,14-6-4-3-5-7-14)15-8-9-16(28-18(21)22)13(12-15)10-11-27-2/h3-9,12,18H,10-11H2,1-2H3,(H2,23,24). The van der Waals surface area contributed by atoms with Gasteiger partial charge in [-0.1, -0.05) is 36.4 Å². The number of halogens is 2. The second-order valence-corrected chi connectivity index (χ2v) is 6.35. The molecule has 3 rings (SSSR count).